The first-order chi connectivity index (χ1) is 41.9. The maximum Gasteiger partial charge on any atom is 0.364 e. The predicted molar refractivity (Wildman–Crippen MR) is 324 cm³/mol. The first kappa shape index (κ1) is 78.5. The van der Waals surface area contributed by atoms with Crippen LogP contribution in [0.2, 0.25) is 0 Å². The summed E-state index contributed by atoms with van der Waals surface area (Å²) < 4.78 is 34.7. The molecule has 23 nitrogen and oxygen atoms in total. The molecule has 3 saturated heterocycles. The topological polar surface area (TPSA) is 373 Å². The zero-order chi connectivity index (χ0) is 64.0. The van der Waals surface area contributed by atoms with Crippen LogP contribution in [0.3, 0.4) is 0 Å². The summed E-state index contributed by atoms with van der Waals surface area (Å²) in [6, 6.07) is -2.62. The van der Waals surface area contributed by atoms with Gasteiger partial charge < -0.3 is 100 Å². The molecule has 0 aromatic carbocycles. The fraction of sp³-hybridized carbons (Fsp3) is 0.891. The molecule has 0 radical (unpaired) electrons. The first-order valence-corrected chi connectivity index (χ1v) is 33.2. The van der Waals surface area contributed by atoms with Gasteiger partial charge in [0.1, 0.15) is 67.1 Å². The molecule has 14 N–H and O–H groups in total. The summed E-state index contributed by atoms with van der Waals surface area (Å²) in [5, 5.41) is 136. The van der Waals surface area contributed by atoms with Gasteiger partial charge in [-0.3, -0.25) is 9.59 Å². The minimum atomic E-state index is -3.08. The van der Waals surface area contributed by atoms with Gasteiger partial charge in [-0.2, -0.15) is 0 Å². The molecule has 3 heterocycles. The van der Waals surface area contributed by atoms with Crippen molar-refractivity contribution < 1.29 is 104 Å². The van der Waals surface area contributed by atoms with E-state index in [-0.39, 0.29) is 12.3 Å². The van der Waals surface area contributed by atoms with E-state index in [2.05, 4.69) is 36.6 Å². The van der Waals surface area contributed by atoms with E-state index in [1.807, 2.05) is 6.08 Å². The van der Waals surface area contributed by atoms with E-state index in [9.17, 15) is 75.7 Å². The lowest BCUT2D eigenvalue weighted by Crippen LogP contribution is -2.70. The van der Waals surface area contributed by atoms with Crippen LogP contribution < -0.4 is 10.6 Å². The Balaban J connectivity index is 1.61. The summed E-state index contributed by atoms with van der Waals surface area (Å²) in [6.07, 6.45) is 13.8. The average Bonchev–Trinajstić information content (AvgIpc) is 2.10. The molecule has 0 aromatic rings. The van der Waals surface area contributed by atoms with Crippen molar-refractivity contribution in [2.24, 2.45) is 0 Å². The van der Waals surface area contributed by atoms with E-state index in [0.29, 0.717) is 12.8 Å². The Morgan fingerprint density at radius 3 is 1.56 bits per heavy atom. The van der Waals surface area contributed by atoms with Crippen molar-refractivity contribution in [3.63, 3.8) is 0 Å². The fourth-order valence-electron chi connectivity index (χ4n) is 11.5. The molecular formula is C64H116N2O21. The Bertz CT molecular complexity index is 1870. The van der Waals surface area contributed by atoms with Crippen LogP contribution in [0.5, 0.6) is 0 Å². The molecule has 18 atom stereocenters. The number of aliphatic hydroxyl groups is 11. The van der Waals surface area contributed by atoms with Crippen molar-refractivity contribution in [3.8, 4) is 0 Å². The van der Waals surface area contributed by atoms with Gasteiger partial charge in [0.15, 0.2) is 12.6 Å². The monoisotopic (exact) mass is 1250 g/mol. The number of aliphatic hydroxyl groups excluding tert-OH is 11. The largest absolute Gasteiger partial charge is 0.477 e. The highest BCUT2D eigenvalue weighted by molar-refractivity contribution is 5.77. The van der Waals surface area contributed by atoms with Crippen LogP contribution in [-0.2, 0) is 42.8 Å². The average molecular weight is 1250 g/mol. The Morgan fingerprint density at radius 2 is 1.08 bits per heavy atom. The Hall–Kier alpha value is -2.79. The third-order valence-corrected chi connectivity index (χ3v) is 16.9. The summed E-state index contributed by atoms with van der Waals surface area (Å²) in [6.45, 7) is 2.10. The third-order valence-electron chi connectivity index (χ3n) is 16.9. The quantitative estimate of drug-likeness (QED) is 0.0285. The van der Waals surface area contributed by atoms with Gasteiger partial charge in [0, 0.05) is 19.8 Å². The van der Waals surface area contributed by atoms with Gasteiger partial charge in [-0.15, -0.1) is 0 Å². The van der Waals surface area contributed by atoms with Crippen LogP contribution in [0.1, 0.15) is 226 Å². The number of amides is 2. The number of aliphatic carboxylic acids is 1. The van der Waals surface area contributed by atoms with Crippen molar-refractivity contribution >= 4 is 17.8 Å². The standard InChI is InChI=1S/C64H116N2O21/c1-4-6-8-10-12-14-16-18-19-20-21-22-23-24-25-26-28-30-32-34-36-38-51(74)66-45(46(71)37-35-33-31-29-27-17-15-13-11-9-7-5-2)43-82-61-56(78)55(77)58(50(42-69)84-61)85-62-57(79)60(54(76)49(41-68)83-62)87-64(63(80)81)39-47(72)52(65-44(3)70)59(86-64)53(75)48(73)40-67/h22-23,35,37,45-50,52-62,67-69,71-73,75-79H,4-21,24-34,36,38-43H2,1-3H3,(H,65,70)(H,66,74)(H,80,81)/b23-22-,37-35+. The van der Waals surface area contributed by atoms with Crippen LogP contribution in [0.4, 0.5) is 0 Å². The fourth-order valence-corrected chi connectivity index (χ4v) is 11.5. The minimum Gasteiger partial charge on any atom is -0.477 e. The lowest BCUT2D eigenvalue weighted by Gasteiger charge is -2.50. The lowest BCUT2D eigenvalue weighted by molar-refractivity contribution is -0.386. The second-order valence-electron chi connectivity index (χ2n) is 24.3. The zero-order valence-corrected chi connectivity index (χ0v) is 52.6. The van der Waals surface area contributed by atoms with Gasteiger partial charge in [0.2, 0.25) is 11.8 Å². The van der Waals surface area contributed by atoms with Crippen LogP contribution in [-0.4, -0.2) is 215 Å². The van der Waals surface area contributed by atoms with Gasteiger partial charge in [-0.25, -0.2) is 4.79 Å². The van der Waals surface area contributed by atoms with E-state index in [1.54, 1.807) is 6.08 Å². The molecule has 0 saturated carbocycles. The van der Waals surface area contributed by atoms with E-state index in [0.717, 1.165) is 77.6 Å². The van der Waals surface area contributed by atoms with E-state index >= 15 is 0 Å². The number of nitrogens with one attached hydrogen (secondary N) is 2. The molecule has 508 valence electrons. The Labute approximate surface area is 517 Å². The van der Waals surface area contributed by atoms with E-state index in [1.165, 1.54) is 109 Å². The van der Waals surface area contributed by atoms with Crippen molar-refractivity contribution in [3.05, 3.63) is 24.3 Å². The highest BCUT2D eigenvalue weighted by Gasteiger charge is 2.60. The number of hydrogen-bond acceptors (Lipinski definition) is 20. The molecule has 3 rings (SSSR count). The second kappa shape index (κ2) is 45.5. The SMILES string of the molecule is CCCCCCCCCCCC/C=C\CCCCCCCCCC(=O)NC(COC1OC(CO)C(OC2OC(CO)C(O)C(OC3(C(=O)O)CC(O)C(NC(C)=O)C(C(O)C(O)CO)O3)C2O)C(O)C1O)C(O)/C=C/CCCCCCCCCCCC. The van der Waals surface area contributed by atoms with Gasteiger partial charge in [0.25, 0.3) is 5.79 Å². The Kier molecular flexibility index (Phi) is 41.0. The molecule has 2 amide bonds. The second-order valence-corrected chi connectivity index (χ2v) is 24.3. The molecule has 0 bridgehead atoms. The van der Waals surface area contributed by atoms with Gasteiger partial charge in [-0.1, -0.05) is 186 Å². The number of rotatable bonds is 49. The smallest absolute Gasteiger partial charge is 0.364 e. The predicted octanol–water partition coefficient (Wildman–Crippen LogP) is 4.89. The number of carboxylic acid groups (broad SMARTS) is 1. The van der Waals surface area contributed by atoms with Crippen molar-refractivity contribution in [1.82, 2.24) is 10.6 Å². The number of carbonyl (C=O) groups excluding carboxylic acids is 2. The Morgan fingerprint density at radius 1 is 0.598 bits per heavy atom. The first-order valence-electron chi connectivity index (χ1n) is 33.2. The summed E-state index contributed by atoms with van der Waals surface area (Å²) in [7, 11) is 0. The molecule has 3 fully saturated rings. The van der Waals surface area contributed by atoms with Crippen LogP contribution in [0.15, 0.2) is 24.3 Å². The highest BCUT2D eigenvalue weighted by Crippen LogP contribution is 2.38. The van der Waals surface area contributed by atoms with Crippen LogP contribution >= 0.6 is 0 Å². The molecule has 23 heteroatoms. The van der Waals surface area contributed by atoms with Gasteiger partial charge in [-0.05, 0) is 44.9 Å². The number of ether oxygens (including phenoxy) is 6. The van der Waals surface area contributed by atoms with Crippen molar-refractivity contribution in [2.75, 3.05) is 26.4 Å². The summed E-state index contributed by atoms with van der Waals surface area (Å²) in [4.78, 5) is 38.5. The molecule has 0 aromatic heterocycles. The normalized spacial score (nSPS) is 29.3. The van der Waals surface area contributed by atoms with E-state index < -0.39 is 155 Å². The molecular weight excluding hydrogens is 1130 g/mol. The number of allylic oxidation sites excluding steroid dienone is 3. The number of unbranched alkanes of at least 4 members (excludes halogenated alkanes) is 27. The third kappa shape index (κ3) is 28.7. The highest BCUT2D eigenvalue weighted by atomic mass is 16.8. The van der Waals surface area contributed by atoms with Crippen LogP contribution in [0, 0.1) is 0 Å². The van der Waals surface area contributed by atoms with E-state index in [4.69, 9.17) is 28.4 Å². The summed E-state index contributed by atoms with van der Waals surface area (Å²) in [5.41, 5.74) is 0. The molecule has 3 aliphatic rings. The van der Waals surface area contributed by atoms with Crippen LogP contribution in [0.25, 0.3) is 0 Å². The zero-order valence-electron chi connectivity index (χ0n) is 52.6. The summed E-state index contributed by atoms with van der Waals surface area (Å²) in [5.74, 6) is -6.15. The molecule has 0 spiro atoms. The molecule has 18 unspecified atom stereocenters. The minimum absolute atomic E-state index is 0.196. The number of carboxylic acids is 1. The summed E-state index contributed by atoms with van der Waals surface area (Å²) >= 11 is 0. The lowest BCUT2D eigenvalue weighted by atomic mass is 9.88. The molecule has 3 aliphatic heterocycles. The van der Waals surface area contributed by atoms with Gasteiger partial charge in [0.05, 0.1) is 50.7 Å². The molecule has 87 heavy (non-hydrogen) atoms. The van der Waals surface area contributed by atoms with Crippen molar-refractivity contribution in [2.45, 2.75) is 336 Å². The van der Waals surface area contributed by atoms with Crippen molar-refractivity contribution in [1.29, 1.82) is 0 Å². The maximum absolute atomic E-state index is 13.4. The maximum atomic E-state index is 13.4. The number of carbonyl (C=O) groups is 3. The number of hydrogen-bond donors (Lipinski definition) is 14. The molecule has 0 aliphatic carbocycles. The van der Waals surface area contributed by atoms with Gasteiger partial charge >= 0.3 is 5.97 Å².